The number of hydrogen-bond acceptors (Lipinski definition) is 4. The summed E-state index contributed by atoms with van der Waals surface area (Å²) in [6, 6.07) is 17.6. The molecule has 0 radical (unpaired) electrons. The Labute approximate surface area is 205 Å². The van der Waals surface area contributed by atoms with Crippen molar-refractivity contribution in [1.82, 2.24) is 9.80 Å². The molecule has 2 aromatic rings. The second kappa shape index (κ2) is 11.0. The van der Waals surface area contributed by atoms with Crippen LogP contribution in [0.5, 0.6) is 11.5 Å². The summed E-state index contributed by atoms with van der Waals surface area (Å²) in [6.07, 6.45) is 8.68. The van der Waals surface area contributed by atoms with E-state index in [4.69, 9.17) is 9.47 Å². The van der Waals surface area contributed by atoms with E-state index in [1.54, 1.807) is 0 Å². The summed E-state index contributed by atoms with van der Waals surface area (Å²) in [7, 11) is 0. The van der Waals surface area contributed by atoms with Gasteiger partial charge in [0, 0.05) is 18.5 Å². The first-order valence-electron chi connectivity index (χ1n) is 13.3. The predicted molar refractivity (Wildman–Crippen MR) is 139 cm³/mol. The molecule has 0 aromatic heterocycles. The fourth-order valence-electron chi connectivity index (χ4n) is 6.09. The maximum atomic E-state index is 6.06. The van der Waals surface area contributed by atoms with Gasteiger partial charge in [0.15, 0.2) is 0 Å². The largest absolute Gasteiger partial charge is 0.492 e. The van der Waals surface area contributed by atoms with E-state index in [9.17, 15) is 0 Å². The van der Waals surface area contributed by atoms with Crippen LogP contribution in [0.25, 0.3) is 0 Å². The molecular weight excluding hydrogens is 420 g/mol. The summed E-state index contributed by atoms with van der Waals surface area (Å²) < 4.78 is 12.1. The van der Waals surface area contributed by atoms with Crippen LogP contribution in [0.3, 0.4) is 0 Å². The number of allylic oxidation sites excluding steroid dienone is 1. The highest BCUT2D eigenvalue weighted by atomic mass is 16.5. The highest BCUT2D eigenvalue weighted by Gasteiger charge is 2.40. The predicted octanol–water partition coefficient (Wildman–Crippen LogP) is 5.66. The minimum atomic E-state index is -0.109. The number of benzene rings is 2. The molecule has 0 unspecified atom stereocenters. The average Bonchev–Trinajstić information content (AvgIpc) is 3.64. The molecule has 182 valence electrons. The van der Waals surface area contributed by atoms with Crippen LogP contribution in [0.15, 0.2) is 60.7 Å². The van der Waals surface area contributed by atoms with Crippen molar-refractivity contribution < 1.29 is 9.47 Å². The van der Waals surface area contributed by atoms with E-state index in [0.29, 0.717) is 0 Å². The molecule has 0 atom stereocenters. The Kier molecular flexibility index (Phi) is 7.56. The summed E-state index contributed by atoms with van der Waals surface area (Å²) in [6.45, 7) is 13.0. The van der Waals surface area contributed by atoms with Gasteiger partial charge in [-0.3, -0.25) is 9.80 Å². The zero-order valence-corrected chi connectivity index (χ0v) is 20.6. The second-order valence-corrected chi connectivity index (χ2v) is 10.2. The zero-order chi connectivity index (χ0) is 23.2. The Morgan fingerprint density at radius 2 is 1.09 bits per heavy atom. The van der Waals surface area contributed by atoms with Crippen molar-refractivity contribution in [3.8, 4) is 11.5 Å². The van der Waals surface area contributed by atoms with Crippen LogP contribution in [0.1, 0.15) is 56.1 Å². The summed E-state index contributed by atoms with van der Waals surface area (Å²) >= 11 is 0. The van der Waals surface area contributed by atoms with Crippen molar-refractivity contribution in [3.63, 3.8) is 0 Å². The van der Waals surface area contributed by atoms with Crippen LogP contribution in [0.2, 0.25) is 0 Å². The van der Waals surface area contributed by atoms with Crippen LogP contribution in [0.4, 0.5) is 0 Å². The standard InChI is InChI=1S/C30H40N2O2/c1-25-7-6-16-30(25,26-8-12-28(13-9-26)33-23-21-31-17-2-3-18-31)27-10-14-29(15-11-27)34-24-22-32-19-4-5-20-32/h8-15H,1-7,16-24H2. The first-order valence-corrected chi connectivity index (χ1v) is 13.3. The number of nitrogens with zero attached hydrogens (tertiary/aromatic N) is 2. The topological polar surface area (TPSA) is 24.9 Å². The van der Waals surface area contributed by atoms with Gasteiger partial charge in [-0.15, -0.1) is 0 Å². The van der Waals surface area contributed by atoms with Gasteiger partial charge in [-0.25, -0.2) is 0 Å². The third-order valence-electron chi connectivity index (χ3n) is 8.08. The molecule has 2 saturated heterocycles. The molecule has 2 heterocycles. The van der Waals surface area contributed by atoms with E-state index in [-0.39, 0.29) is 5.41 Å². The summed E-state index contributed by atoms with van der Waals surface area (Å²) in [5.41, 5.74) is 3.86. The maximum absolute atomic E-state index is 6.06. The van der Waals surface area contributed by atoms with Crippen LogP contribution in [-0.2, 0) is 5.41 Å². The van der Waals surface area contributed by atoms with Crippen molar-refractivity contribution in [2.75, 3.05) is 52.5 Å². The van der Waals surface area contributed by atoms with Crippen LogP contribution < -0.4 is 9.47 Å². The minimum absolute atomic E-state index is 0.109. The molecule has 2 aromatic carbocycles. The first-order chi connectivity index (χ1) is 16.7. The molecule has 4 nitrogen and oxygen atoms in total. The fraction of sp³-hybridized carbons (Fsp3) is 0.533. The van der Waals surface area contributed by atoms with E-state index in [2.05, 4.69) is 64.9 Å². The highest BCUT2D eigenvalue weighted by molar-refractivity contribution is 5.51. The van der Waals surface area contributed by atoms with Gasteiger partial charge < -0.3 is 9.47 Å². The zero-order valence-electron chi connectivity index (χ0n) is 20.6. The van der Waals surface area contributed by atoms with Gasteiger partial charge in [0.1, 0.15) is 24.7 Å². The quantitative estimate of drug-likeness (QED) is 0.427. The third kappa shape index (κ3) is 5.18. The van der Waals surface area contributed by atoms with Crippen LogP contribution in [-0.4, -0.2) is 62.3 Å². The van der Waals surface area contributed by atoms with Gasteiger partial charge in [0.05, 0.1) is 0 Å². The fourth-order valence-corrected chi connectivity index (χ4v) is 6.09. The molecule has 0 N–H and O–H groups in total. The molecule has 0 amide bonds. The van der Waals surface area contributed by atoms with Crippen molar-refractivity contribution in [1.29, 1.82) is 0 Å². The van der Waals surface area contributed by atoms with E-state index < -0.39 is 0 Å². The minimum Gasteiger partial charge on any atom is -0.492 e. The molecule has 1 aliphatic carbocycles. The molecule has 0 spiro atoms. The van der Waals surface area contributed by atoms with Gasteiger partial charge in [0.2, 0.25) is 0 Å². The molecule has 5 rings (SSSR count). The lowest BCUT2D eigenvalue weighted by Gasteiger charge is -2.32. The van der Waals surface area contributed by atoms with E-state index >= 15 is 0 Å². The van der Waals surface area contributed by atoms with E-state index in [0.717, 1.165) is 50.6 Å². The normalized spacial score (nSPS) is 20.8. The van der Waals surface area contributed by atoms with Crippen molar-refractivity contribution in [2.45, 2.75) is 50.4 Å². The number of rotatable bonds is 10. The molecule has 4 heteroatoms. The van der Waals surface area contributed by atoms with Gasteiger partial charge >= 0.3 is 0 Å². The van der Waals surface area contributed by atoms with Crippen molar-refractivity contribution in [3.05, 3.63) is 71.8 Å². The van der Waals surface area contributed by atoms with Gasteiger partial charge in [-0.1, -0.05) is 36.4 Å². The maximum Gasteiger partial charge on any atom is 0.119 e. The monoisotopic (exact) mass is 460 g/mol. The number of ether oxygens (including phenoxy) is 2. The molecule has 34 heavy (non-hydrogen) atoms. The number of hydrogen-bond donors (Lipinski definition) is 0. The molecule has 3 aliphatic rings. The summed E-state index contributed by atoms with van der Waals surface area (Å²) in [5, 5.41) is 0. The summed E-state index contributed by atoms with van der Waals surface area (Å²) in [4.78, 5) is 4.98. The van der Waals surface area contributed by atoms with Crippen molar-refractivity contribution in [2.24, 2.45) is 0 Å². The molecule has 1 saturated carbocycles. The summed E-state index contributed by atoms with van der Waals surface area (Å²) in [5.74, 6) is 1.92. The van der Waals surface area contributed by atoms with E-state index in [1.807, 2.05) is 0 Å². The Bertz CT molecular complexity index is 860. The Morgan fingerprint density at radius 3 is 1.47 bits per heavy atom. The van der Waals surface area contributed by atoms with Crippen LogP contribution in [0, 0.1) is 0 Å². The Hall–Kier alpha value is -2.30. The highest BCUT2D eigenvalue weighted by Crippen LogP contribution is 2.49. The lowest BCUT2D eigenvalue weighted by molar-refractivity contribution is 0.237. The van der Waals surface area contributed by atoms with Crippen molar-refractivity contribution >= 4 is 0 Å². The lowest BCUT2D eigenvalue weighted by Crippen LogP contribution is -2.26. The van der Waals surface area contributed by atoms with E-state index in [1.165, 1.54) is 75.0 Å². The Balaban J connectivity index is 1.23. The number of likely N-dealkylation sites (tertiary alicyclic amines) is 2. The van der Waals surface area contributed by atoms with Gasteiger partial charge in [0.25, 0.3) is 0 Å². The average molecular weight is 461 g/mol. The van der Waals surface area contributed by atoms with Crippen LogP contribution >= 0.6 is 0 Å². The molecule has 2 aliphatic heterocycles. The molecule has 3 fully saturated rings. The SMILES string of the molecule is C=C1CCCC1(c1ccc(OCCN2CCCC2)cc1)c1ccc(OCCN2CCCC2)cc1. The molecule has 0 bridgehead atoms. The second-order valence-electron chi connectivity index (χ2n) is 10.2. The van der Waals surface area contributed by atoms with Gasteiger partial charge in [-0.2, -0.15) is 0 Å². The Morgan fingerprint density at radius 1 is 0.647 bits per heavy atom. The lowest BCUT2D eigenvalue weighted by atomic mass is 9.71. The first kappa shape index (κ1) is 23.4. The molecular formula is C30H40N2O2. The third-order valence-corrected chi connectivity index (χ3v) is 8.08. The smallest absolute Gasteiger partial charge is 0.119 e. The van der Waals surface area contributed by atoms with Gasteiger partial charge in [-0.05, 0) is 107 Å².